The molecular weight excluding hydrogens is 466 g/mol. The standard InChI is InChI=1S/C26H25N3O5S/c1-2-11-29(14-25(31)32)24(30)12-17-16-35-23(28-17)13-27-26(33)34-15-22-20-9-5-3-7-18(20)19-8-4-6-10-21(19)22/h2-10,16,22H,1,11-15H2,(H,27,33)(H,31,32). The van der Waals surface area contributed by atoms with Gasteiger partial charge in [-0.3, -0.25) is 9.59 Å². The number of thiazole rings is 1. The molecule has 35 heavy (non-hydrogen) atoms. The summed E-state index contributed by atoms with van der Waals surface area (Å²) < 4.78 is 5.53. The van der Waals surface area contributed by atoms with Gasteiger partial charge < -0.3 is 20.1 Å². The van der Waals surface area contributed by atoms with E-state index in [1.807, 2.05) is 24.3 Å². The van der Waals surface area contributed by atoms with Crippen molar-refractivity contribution >= 4 is 29.3 Å². The molecule has 2 aromatic carbocycles. The molecule has 1 heterocycles. The van der Waals surface area contributed by atoms with Gasteiger partial charge in [-0.15, -0.1) is 17.9 Å². The zero-order valence-corrected chi connectivity index (χ0v) is 19.8. The number of carboxylic acid groups (broad SMARTS) is 1. The van der Waals surface area contributed by atoms with Crippen molar-refractivity contribution in [3.63, 3.8) is 0 Å². The summed E-state index contributed by atoms with van der Waals surface area (Å²) in [5.41, 5.74) is 5.13. The molecule has 0 radical (unpaired) electrons. The molecule has 3 aromatic rings. The quantitative estimate of drug-likeness (QED) is 0.418. The summed E-state index contributed by atoms with van der Waals surface area (Å²) in [7, 11) is 0. The highest BCUT2D eigenvalue weighted by atomic mass is 32.1. The molecule has 0 saturated heterocycles. The van der Waals surface area contributed by atoms with Crippen molar-refractivity contribution in [1.29, 1.82) is 0 Å². The summed E-state index contributed by atoms with van der Waals surface area (Å²) in [5, 5.41) is 14.0. The molecule has 0 fully saturated rings. The average Bonchev–Trinajstić information content (AvgIpc) is 3.43. The van der Waals surface area contributed by atoms with E-state index in [-0.39, 0.29) is 37.9 Å². The third-order valence-corrected chi connectivity index (χ3v) is 6.59. The Kier molecular flexibility index (Phi) is 7.57. The van der Waals surface area contributed by atoms with Crippen molar-refractivity contribution < 1.29 is 24.2 Å². The smallest absolute Gasteiger partial charge is 0.407 e. The zero-order valence-electron chi connectivity index (χ0n) is 19.0. The van der Waals surface area contributed by atoms with Crippen LogP contribution in [-0.4, -0.2) is 52.7 Å². The van der Waals surface area contributed by atoms with Crippen LogP contribution >= 0.6 is 11.3 Å². The van der Waals surface area contributed by atoms with Crippen LogP contribution in [0.1, 0.15) is 27.7 Å². The van der Waals surface area contributed by atoms with E-state index in [0.717, 1.165) is 22.3 Å². The number of hydrogen-bond acceptors (Lipinski definition) is 6. The highest BCUT2D eigenvalue weighted by Gasteiger charge is 2.29. The van der Waals surface area contributed by atoms with Crippen LogP contribution in [0, 0.1) is 0 Å². The lowest BCUT2D eigenvalue weighted by molar-refractivity contribution is -0.143. The maximum absolute atomic E-state index is 12.4. The van der Waals surface area contributed by atoms with E-state index in [0.29, 0.717) is 10.7 Å². The second-order valence-corrected chi connectivity index (χ2v) is 8.99. The van der Waals surface area contributed by atoms with E-state index < -0.39 is 18.6 Å². The van der Waals surface area contributed by atoms with Gasteiger partial charge in [-0.2, -0.15) is 0 Å². The van der Waals surface area contributed by atoms with Crippen molar-refractivity contribution in [2.24, 2.45) is 0 Å². The van der Waals surface area contributed by atoms with Crippen LogP contribution < -0.4 is 5.32 Å². The van der Waals surface area contributed by atoms with Gasteiger partial charge in [0, 0.05) is 17.8 Å². The number of aliphatic carboxylic acids is 1. The monoisotopic (exact) mass is 491 g/mol. The maximum atomic E-state index is 12.4. The number of aromatic nitrogens is 1. The number of ether oxygens (including phenoxy) is 1. The number of hydrogen-bond donors (Lipinski definition) is 2. The second kappa shape index (κ2) is 11.0. The molecule has 1 aliphatic rings. The van der Waals surface area contributed by atoms with Crippen LogP contribution in [0.5, 0.6) is 0 Å². The summed E-state index contributed by atoms with van der Waals surface area (Å²) in [6.07, 6.45) is 0.909. The van der Waals surface area contributed by atoms with E-state index in [9.17, 15) is 14.4 Å². The molecule has 8 nitrogen and oxygen atoms in total. The van der Waals surface area contributed by atoms with Gasteiger partial charge in [0.15, 0.2) is 0 Å². The van der Waals surface area contributed by atoms with Crippen molar-refractivity contribution in [2.75, 3.05) is 19.7 Å². The number of rotatable bonds is 10. The summed E-state index contributed by atoms with van der Waals surface area (Å²) in [5.74, 6) is -1.46. The van der Waals surface area contributed by atoms with Crippen molar-refractivity contribution in [2.45, 2.75) is 18.9 Å². The van der Waals surface area contributed by atoms with Gasteiger partial charge in [-0.05, 0) is 22.3 Å². The molecule has 0 bridgehead atoms. The Morgan fingerprint density at radius 1 is 1.11 bits per heavy atom. The summed E-state index contributed by atoms with van der Waals surface area (Å²) >= 11 is 1.31. The van der Waals surface area contributed by atoms with E-state index >= 15 is 0 Å². The van der Waals surface area contributed by atoms with Gasteiger partial charge in [0.05, 0.1) is 18.7 Å². The third kappa shape index (κ3) is 5.75. The number of amides is 2. The third-order valence-electron chi connectivity index (χ3n) is 5.69. The first-order chi connectivity index (χ1) is 17.0. The SMILES string of the molecule is C=CCN(CC(=O)O)C(=O)Cc1csc(CNC(=O)OCC2c3ccccc3-c3ccccc32)n1. The topological polar surface area (TPSA) is 109 Å². The van der Waals surface area contributed by atoms with Crippen LogP contribution in [-0.2, 0) is 27.3 Å². The van der Waals surface area contributed by atoms with Gasteiger partial charge in [-0.1, -0.05) is 54.6 Å². The van der Waals surface area contributed by atoms with Crippen molar-refractivity contribution in [3.05, 3.63) is 88.4 Å². The number of fused-ring (bicyclic) bond motifs is 3. The van der Waals surface area contributed by atoms with Gasteiger partial charge in [-0.25, -0.2) is 9.78 Å². The fraction of sp³-hybridized carbons (Fsp3) is 0.231. The molecular formula is C26H25N3O5S. The van der Waals surface area contributed by atoms with Gasteiger partial charge in [0.25, 0.3) is 0 Å². The highest BCUT2D eigenvalue weighted by Crippen LogP contribution is 2.44. The lowest BCUT2D eigenvalue weighted by Crippen LogP contribution is -2.36. The minimum absolute atomic E-state index is 0.0186. The van der Waals surface area contributed by atoms with Gasteiger partial charge >= 0.3 is 12.1 Å². The van der Waals surface area contributed by atoms with Crippen LogP contribution in [0.4, 0.5) is 4.79 Å². The number of benzene rings is 2. The predicted octanol–water partition coefficient (Wildman–Crippen LogP) is 3.82. The number of carbonyl (C=O) groups is 3. The van der Waals surface area contributed by atoms with Crippen LogP contribution in [0.2, 0.25) is 0 Å². The number of carbonyl (C=O) groups excluding carboxylic acids is 2. The molecule has 0 aliphatic heterocycles. The molecule has 1 aliphatic carbocycles. The molecule has 0 saturated carbocycles. The molecule has 0 spiro atoms. The number of alkyl carbamates (subject to hydrolysis) is 1. The number of nitrogens with one attached hydrogen (secondary N) is 1. The predicted molar refractivity (Wildman–Crippen MR) is 132 cm³/mol. The van der Waals surface area contributed by atoms with Crippen molar-refractivity contribution in [1.82, 2.24) is 15.2 Å². The first-order valence-electron chi connectivity index (χ1n) is 11.1. The molecule has 0 atom stereocenters. The largest absolute Gasteiger partial charge is 0.480 e. The van der Waals surface area contributed by atoms with Gasteiger partial charge in [0.2, 0.25) is 5.91 Å². The number of nitrogens with zero attached hydrogens (tertiary/aromatic N) is 2. The van der Waals surface area contributed by atoms with E-state index in [1.165, 1.54) is 22.3 Å². The van der Waals surface area contributed by atoms with E-state index in [4.69, 9.17) is 9.84 Å². The van der Waals surface area contributed by atoms with E-state index in [1.54, 1.807) is 5.38 Å². The molecule has 1 aromatic heterocycles. The number of carboxylic acids is 1. The Morgan fingerprint density at radius 3 is 2.40 bits per heavy atom. The summed E-state index contributed by atoms with van der Waals surface area (Å²) in [4.78, 5) is 41.3. The first-order valence-corrected chi connectivity index (χ1v) is 12.0. The molecule has 180 valence electrons. The Morgan fingerprint density at radius 2 is 1.77 bits per heavy atom. The Bertz CT molecular complexity index is 1210. The minimum Gasteiger partial charge on any atom is -0.480 e. The molecule has 2 N–H and O–H groups in total. The first kappa shape index (κ1) is 24.2. The fourth-order valence-electron chi connectivity index (χ4n) is 4.15. The highest BCUT2D eigenvalue weighted by molar-refractivity contribution is 7.09. The summed E-state index contributed by atoms with van der Waals surface area (Å²) in [6, 6.07) is 16.3. The van der Waals surface area contributed by atoms with Gasteiger partial charge in [0.1, 0.15) is 18.2 Å². The molecule has 0 unspecified atom stereocenters. The zero-order chi connectivity index (χ0) is 24.8. The summed E-state index contributed by atoms with van der Waals surface area (Å²) in [6.45, 7) is 3.69. The lowest BCUT2D eigenvalue weighted by Gasteiger charge is -2.18. The molecule has 4 rings (SSSR count). The van der Waals surface area contributed by atoms with Crippen LogP contribution in [0.3, 0.4) is 0 Å². The minimum atomic E-state index is -1.09. The second-order valence-electron chi connectivity index (χ2n) is 8.05. The molecule has 9 heteroatoms. The maximum Gasteiger partial charge on any atom is 0.407 e. The van der Waals surface area contributed by atoms with Crippen LogP contribution in [0.25, 0.3) is 11.1 Å². The Balaban J connectivity index is 1.29. The lowest BCUT2D eigenvalue weighted by atomic mass is 9.98. The van der Waals surface area contributed by atoms with Crippen LogP contribution in [0.15, 0.2) is 66.6 Å². The Labute approximate surface area is 206 Å². The molecule has 2 amide bonds. The fourth-order valence-corrected chi connectivity index (χ4v) is 4.88. The Hall–Kier alpha value is -3.98. The normalized spacial score (nSPS) is 11.9. The van der Waals surface area contributed by atoms with E-state index in [2.05, 4.69) is 41.1 Å². The average molecular weight is 492 g/mol. The van der Waals surface area contributed by atoms with Crippen molar-refractivity contribution in [3.8, 4) is 11.1 Å².